The lowest BCUT2D eigenvalue weighted by Crippen LogP contribution is -2.01. The standard InChI is InChI=1S/C16H15FN2/c1-11-14(17)3-2-4-15(11)19-10-12-5-6-13-7-8-18-16(13)9-12/h2-9,18-19H,10H2,1H3. The topological polar surface area (TPSA) is 27.8 Å². The molecule has 0 radical (unpaired) electrons. The molecule has 19 heavy (non-hydrogen) atoms. The van der Waals surface area contributed by atoms with E-state index in [2.05, 4.69) is 28.5 Å². The van der Waals surface area contributed by atoms with E-state index in [0.29, 0.717) is 12.1 Å². The molecule has 2 nitrogen and oxygen atoms in total. The number of fused-ring (bicyclic) bond motifs is 1. The van der Waals surface area contributed by atoms with Gasteiger partial charge in [0, 0.05) is 29.5 Å². The van der Waals surface area contributed by atoms with E-state index in [1.54, 1.807) is 13.0 Å². The summed E-state index contributed by atoms with van der Waals surface area (Å²) in [6.07, 6.45) is 1.93. The second kappa shape index (κ2) is 4.76. The van der Waals surface area contributed by atoms with Crippen LogP contribution in [0.25, 0.3) is 10.9 Å². The van der Waals surface area contributed by atoms with Crippen molar-refractivity contribution in [3.05, 3.63) is 65.6 Å². The van der Waals surface area contributed by atoms with E-state index >= 15 is 0 Å². The molecule has 0 fully saturated rings. The van der Waals surface area contributed by atoms with Gasteiger partial charge >= 0.3 is 0 Å². The number of hydrogen-bond acceptors (Lipinski definition) is 1. The second-order valence-electron chi connectivity index (χ2n) is 4.67. The van der Waals surface area contributed by atoms with Crippen LogP contribution in [0.2, 0.25) is 0 Å². The quantitative estimate of drug-likeness (QED) is 0.719. The van der Waals surface area contributed by atoms with Crippen LogP contribution in [0.4, 0.5) is 10.1 Å². The zero-order valence-electron chi connectivity index (χ0n) is 10.7. The van der Waals surface area contributed by atoms with Gasteiger partial charge in [0.15, 0.2) is 0 Å². The van der Waals surface area contributed by atoms with Crippen LogP contribution in [0.15, 0.2) is 48.7 Å². The summed E-state index contributed by atoms with van der Waals surface area (Å²) in [7, 11) is 0. The van der Waals surface area contributed by atoms with Crippen LogP contribution in [-0.4, -0.2) is 4.98 Å². The molecule has 3 aromatic rings. The van der Waals surface area contributed by atoms with Gasteiger partial charge in [-0.3, -0.25) is 0 Å². The highest BCUT2D eigenvalue weighted by Crippen LogP contribution is 2.19. The Labute approximate surface area is 111 Å². The summed E-state index contributed by atoms with van der Waals surface area (Å²) in [5.74, 6) is -0.176. The number of halogens is 1. The first kappa shape index (κ1) is 11.8. The van der Waals surface area contributed by atoms with Crippen LogP contribution in [0.5, 0.6) is 0 Å². The lowest BCUT2D eigenvalue weighted by atomic mass is 10.1. The number of benzene rings is 2. The normalized spacial score (nSPS) is 10.8. The minimum Gasteiger partial charge on any atom is -0.381 e. The molecule has 1 aromatic heterocycles. The van der Waals surface area contributed by atoms with Gasteiger partial charge in [0.2, 0.25) is 0 Å². The van der Waals surface area contributed by atoms with Crippen molar-refractivity contribution >= 4 is 16.6 Å². The zero-order valence-corrected chi connectivity index (χ0v) is 10.7. The molecule has 2 N–H and O–H groups in total. The summed E-state index contributed by atoms with van der Waals surface area (Å²) in [5.41, 5.74) is 3.78. The fourth-order valence-corrected chi connectivity index (χ4v) is 2.20. The maximum atomic E-state index is 13.4. The van der Waals surface area contributed by atoms with Crippen LogP contribution in [-0.2, 0) is 6.54 Å². The first-order valence-electron chi connectivity index (χ1n) is 6.29. The molecule has 1 heterocycles. The highest BCUT2D eigenvalue weighted by Gasteiger charge is 2.03. The van der Waals surface area contributed by atoms with Crippen molar-refractivity contribution in [2.75, 3.05) is 5.32 Å². The molecular formula is C16H15FN2. The Kier molecular flexibility index (Phi) is 2.95. The fraction of sp³-hybridized carbons (Fsp3) is 0.125. The predicted octanol–water partition coefficient (Wildman–Crippen LogP) is 4.23. The van der Waals surface area contributed by atoms with Gasteiger partial charge in [0.1, 0.15) is 5.82 Å². The molecular weight excluding hydrogens is 239 g/mol. The molecule has 0 aliphatic heterocycles. The van der Waals surface area contributed by atoms with Crippen molar-refractivity contribution in [3.8, 4) is 0 Å². The average molecular weight is 254 g/mol. The van der Waals surface area contributed by atoms with Crippen molar-refractivity contribution < 1.29 is 4.39 Å². The van der Waals surface area contributed by atoms with E-state index in [0.717, 1.165) is 11.2 Å². The SMILES string of the molecule is Cc1c(F)cccc1NCc1ccc2cc[nH]c2c1. The van der Waals surface area contributed by atoms with Crippen LogP contribution in [0, 0.1) is 12.7 Å². The summed E-state index contributed by atoms with van der Waals surface area (Å²) in [6.45, 7) is 2.46. The summed E-state index contributed by atoms with van der Waals surface area (Å²) in [6, 6.07) is 13.4. The Morgan fingerprint density at radius 1 is 1.16 bits per heavy atom. The average Bonchev–Trinajstić information content (AvgIpc) is 2.88. The number of aromatic nitrogens is 1. The number of hydrogen-bond donors (Lipinski definition) is 2. The lowest BCUT2D eigenvalue weighted by molar-refractivity contribution is 0.619. The van der Waals surface area contributed by atoms with E-state index in [4.69, 9.17) is 0 Å². The van der Waals surface area contributed by atoms with Gasteiger partial charge in [-0.2, -0.15) is 0 Å². The van der Waals surface area contributed by atoms with Gasteiger partial charge in [0.05, 0.1) is 0 Å². The highest BCUT2D eigenvalue weighted by atomic mass is 19.1. The minimum absolute atomic E-state index is 0.176. The Hall–Kier alpha value is -2.29. The van der Waals surface area contributed by atoms with Crippen molar-refractivity contribution in [3.63, 3.8) is 0 Å². The monoisotopic (exact) mass is 254 g/mol. The highest BCUT2D eigenvalue weighted by molar-refractivity contribution is 5.79. The Morgan fingerprint density at radius 3 is 2.95 bits per heavy atom. The van der Waals surface area contributed by atoms with Gasteiger partial charge in [-0.25, -0.2) is 4.39 Å². The second-order valence-corrected chi connectivity index (χ2v) is 4.67. The third-order valence-corrected chi connectivity index (χ3v) is 3.37. The van der Waals surface area contributed by atoms with Crippen LogP contribution < -0.4 is 5.32 Å². The van der Waals surface area contributed by atoms with Gasteiger partial charge in [-0.15, -0.1) is 0 Å². The number of rotatable bonds is 3. The molecule has 0 unspecified atom stereocenters. The predicted molar refractivity (Wildman–Crippen MR) is 76.8 cm³/mol. The van der Waals surface area contributed by atoms with Gasteiger partial charge in [0.25, 0.3) is 0 Å². The molecule has 0 aliphatic carbocycles. The molecule has 0 atom stereocenters. The molecule has 3 heteroatoms. The van der Waals surface area contributed by atoms with Crippen molar-refractivity contribution in [1.29, 1.82) is 0 Å². The lowest BCUT2D eigenvalue weighted by Gasteiger charge is -2.10. The first-order chi connectivity index (χ1) is 9.24. The molecule has 0 bridgehead atoms. The Bertz CT molecular complexity index is 716. The van der Waals surface area contributed by atoms with E-state index in [1.807, 2.05) is 18.3 Å². The minimum atomic E-state index is -0.176. The van der Waals surface area contributed by atoms with E-state index in [-0.39, 0.29) is 5.82 Å². The Morgan fingerprint density at radius 2 is 2.05 bits per heavy atom. The van der Waals surface area contributed by atoms with Crippen molar-refractivity contribution in [1.82, 2.24) is 4.98 Å². The summed E-state index contributed by atoms with van der Waals surface area (Å²) in [4.78, 5) is 3.19. The zero-order chi connectivity index (χ0) is 13.2. The van der Waals surface area contributed by atoms with Gasteiger partial charge in [-0.05, 0) is 42.1 Å². The summed E-state index contributed by atoms with van der Waals surface area (Å²) in [5, 5.41) is 4.47. The number of nitrogens with one attached hydrogen (secondary N) is 2. The number of anilines is 1. The van der Waals surface area contributed by atoms with Crippen LogP contribution in [0.3, 0.4) is 0 Å². The maximum absolute atomic E-state index is 13.4. The Balaban J connectivity index is 1.80. The molecule has 96 valence electrons. The largest absolute Gasteiger partial charge is 0.381 e. The smallest absolute Gasteiger partial charge is 0.128 e. The fourth-order valence-electron chi connectivity index (χ4n) is 2.20. The van der Waals surface area contributed by atoms with Crippen molar-refractivity contribution in [2.45, 2.75) is 13.5 Å². The van der Waals surface area contributed by atoms with Gasteiger partial charge in [-0.1, -0.05) is 18.2 Å². The van der Waals surface area contributed by atoms with E-state index in [1.165, 1.54) is 17.0 Å². The third kappa shape index (κ3) is 2.32. The molecule has 3 rings (SSSR count). The van der Waals surface area contributed by atoms with Crippen molar-refractivity contribution in [2.24, 2.45) is 0 Å². The molecule has 0 amide bonds. The van der Waals surface area contributed by atoms with E-state index < -0.39 is 0 Å². The molecule has 2 aromatic carbocycles. The molecule has 0 saturated carbocycles. The summed E-state index contributed by atoms with van der Waals surface area (Å²) < 4.78 is 13.4. The summed E-state index contributed by atoms with van der Waals surface area (Å²) >= 11 is 0. The number of H-pyrrole nitrogens is 1. The van der Waals surface area contributed by atoms with E-state index in [9.17, 15) is 4.39 Å². The van der Waals surface area contributed by atoms with Crippen LogP contribution in [0.1, 0.15) is 11.1 Å². The molecule has 0 saturated heterocycles. The number of aromatic amines is 1. The van der Waals surface area contributed by atoms with Gasteiger partial charge < -0.3 is 10.3 Å². The van der Waals surface area contributed by atoms with Crippen LogP contribution >= 0.6 is 0 Å². The molecule has 0 aliphatic rings. The third-order valence-electron chi connectivity index (χ3n) is 3.37. The maximum Gasteiger partial charge on any atom is 0.128 e. The first-order valence-corrected chi connectivity index (χ1v) is 6.29. The molecule has 0 spiro atoms.